The van der Waals surface area contributed by atoms with Crippen LogP contribution in [0.3, 0.4) is 0 Å². The molecule has 0 spiro atoms. The van der Waals surface area contributed by atoms with Crippen molar-refractivity contribution in [3.8, 4) is 0 Å². The van der Waals surface area contributed by atoms with E-state index in [9.17, 15) is 0 Å². The topological polar surface area (TPSA) is 9.23 Å². The Bertz CT molecular complexity index is 726. The van der Waals surface area contributed by atoms with Crippen molar-refractivity contribution in [3.63, 3.8) is 0 Å². The van der Waals surface area contributed by atoms with Gasteiger partial charge in [0.25, 0.3) is 0 Å². The molecule has 0 fully saturated rings. The summed E-state index contributed by atoms with van der Waals surface area (Å²) in [6.45, 7) is 2.78. The van der Waals surface area contributed by atoms with Crippen LogP contribution in [0.1, 0.15) is 13.3 Å². The van der Waals surface area contributed by atoms with Gasteiger partial charge >= 0.3 is 169 Å². The Morgan fingerprint density at radius 2 is 1.15 bits per heavy atom. The van der Waals surface area contributed by atoms with Crippen molar-refractivity contribution < 1.29 is 4.74 Å². The molecule has 0 aromatic heterocycles. The first kappa shape index (κ1) is 19.5. The maximum atomic E-state index is 5.86. The van der Waals surface area contributed by atoms with Crippen molar-refractivity contribution in [1.29, 1.82) is 0 Å². The molecule has 132 valence electrons. The van der Waals surface area contributed by atoms with Gasteiger partial charge in [0.05, 0.1) is 0 Å². The fourth-order valence-corrected chi connectivity index (χ4v) is 23.3. The molecule has 0 amide bonds. The molecule has 0 bridgehead atoms. The number of thiocarbonyl (C=S) groups is 1. The van der Waals surface area contributed by atoms with E-state index in [4.69, 9.17) is 17.0 Å². The molecule has 4 heteroatoms. The fourth-order valence-electron chi connectivity index (χ4n) is 3.04. The van der Waals surface area contributed by atoms with E-state index in [2.05, 4.69) is 97.9 Å². The fraction of sp³-hybridized carbons (Fsp3) is 0.136. The average molecular weight is 485 g/mol. The molecular weight excluding hydrogens is 463 g/mol. The second kappa shape index (κ2) is 9.58. The predicted octanol–water partition coefficient (Wildman–Crippen LogP) is 4.10. The van der Waals surface area contributed by atoms with E-state index in [1.54, 1.807) is 0 Å². The van der Waals surface area contributed by atoms with E-state index >= 15 is 0 Å². The van der Waals surface area contributed by atoms with Crippen molar-refractivity contribution >= 4 is 53.3 Å². The van der Waals surface area contributed by atoms with Gasteiger partial charge < -0.3 is 0 Å². The zero-order chi connectivity index (χ0) is 18.2. The average Bonchev–Trinajstić information content (AvgIpc) is 2.72. The van der Waals surface area contributed by atoms with E-state index in [-0.39, 0.29) is 0 Å². The van der Waals surface area contributed by atoms with Crippen LogP contribution in [0, 0.1) is 0 Å². The van der Waals surface area contributed by atoms with Gasteiger partial charge in [-0.1, -0.05) is 0 Å². The maximum absolute atomic E-state index is 5.86. The van der Waals surface area contributed by atoms with Crippen LogP contribution in [0.5, 0.6) is 0 Å². The summed E-state index contributed by atoms with van der Waals surface area (Å²) >= 11 is 2.28. The Kier molecular flexibility index (Phi) is 7.17. The Balaban J connectivity index is 2.19. The van der Waals surface area contributed by atoms with Gasteiger partial charge in [0.15, 0.2) is 0 Å². The molecule has 0 aliphatic heterocycles. The molecule has 0 radical (unpaired) electrons. The number of ether oxygens (including phenoxy) is 1. The molecule has 0 heterocycles. The van der Waals surface area contributed by atoms with Gasteiger partial charge in [0, 0.05) is 0 Å². The van der Waals surface area contributed by atoms with Gasteiger partial charge in [-0.15, -0.1) is 0 Å². The van der Waals surface area contributed by atoms with Crippen molar-refractivity contribution in [2.24, 2.45) is 0 Å². The molecule has 1 nitrogen and oxygen atoms in total. The summed E-state index contributed by atoms with van der Waals surface area (Å²) in [7, 11) is 1.81. The molecule has 3 rings (SSSR count). The molecule has 0 saturated carbocycles. The quantitative estimate of drug-likeness (QED) is 0.385. The standard InChI is InChI=1S/3C6H5.C4H8OS2.Sn/c3*1-2-4-6-5-3-1;1-2-3-5-4(6)7;/h3*1-5H;2-3H2,1H3,(H,6,7);/q;;;;+1/p-1. The van der Waals surface area contributed by atoms with Crippen LogP contribution < -0.4 is 10.7 Å². The normalized spacial score (nSPS) is 11.1. The molecule has 0 N–H and O–H groups in total. The van der Waals surface area contributed by atoms with E-state index in [0.29, 0.717) is 11.0 Å². The van der Waals surface area contributed by atoms with Gasteiger partial charge in [-0.05, 0) is 0 Å². The van der Waals surface area contributed by atoms with E-state index in [0.717, 1.165) is 6.42 Å². The third-order valence-electron chi connectivity index (χ3n) is 4.20. The Hall–Kier alpha value is -1.30. The number of rotatable bonds is 6. The Morgan fingerprint density at radius 3 is 1.50 bits per heavy atom. The molecule has 3 aromatic carbocycles. The SMILES string of the molecule is CCCOC(=S)[S][Sn]([c]1ccccc1)([c]1ccccc1)[c]1ccccc1. The van der Waals surface area contributed by atoms with Crippen LogP contribution in [-0.4, -0.2) is 28.0 Å². The number of hydrogen-bond donors (Lipinski definition) is 0. The van der Waals surface area contributed by atoms with Crippen molar-refractivity contribution in [1.82, 2.24) is 0 Å². The van der Waals surface area contributed by atoms with Gasteiger partial charge in [0.2, 0.25) is 0 Å². The molecule has 0 aliphatic rings. The zero-order valence-electron chi connectivity index (χ0n) is 14.8. The summed E-state index contributed by atoms with van der Waals surface area (Å²) in [6, 6.07) is 32.5. The third kappa shape index (κ3) is 4.33. The summed E-state index contributed by atoms with van der Waals surface area (Å²) in [5.74, 6) is 0. The van der Waals surface area contributed by atoms with Gasteiger partial charge in [-0.2, -0.15) is 0 Å². The van der Waals surface area contributed by atoms with Crippen LogP contribution in [0.25, 0.3) is 0 Å². The van der Waals surface area contributed by atoms with Gasteiger partial charge in [-0.3, -0.25) is 0 Å². The Labute approximate surface area is 168 Å². The first-order valence-corrected chi connectivity index (χ1v) is 17.8. The molecule has 0 unspecified atom stereocenters. The minimum atomic E-state index is -3.38. The molecule has 0 atom stereocenters. The second-order valence-corrected chi connectivity index (χ2v) is 21.9. The molecular formula is C22H22OS2Sn. The van der Waals surface area contributed by atoms with Crippen LogP contribution in [0.15, 0.2) is 91.0 Å². The van der Waals surface area contributed by atoms with Crippen LogP contribution in [0.4, 0.5) is 0 Å². The predicted molar refractivity (Wildman–Crippen MR) is 120 cm³/mol. The summed E-state index contributed by atoms with van der Waals surface area (Å²) in [5, 5.41) is 0. The van der Waals surface area contributed by atoms with Crippen molar-refractivity contribution in [3.05, 3.63) is 91.0 Å². The number of benzene rings is 3. The summed E-state index contributed by atoms with van der Waals surface area (Å²) in [4.78, 5) is 0. The summed E-state index contributed by atoms with van der Waals surface area (Å²) in [6.07, 6.45) is 0.964. The summed E-state index contributed by atoms with van der Waals surface area (Å²) in [5.41, 5.74) is 0. The second-order valence-electron chi connectivity index (χ2n) is 5.98. The van der Waals surface area contributed by atoms with Gasteiger partial charge in [0.1, 0.15) is 0 Å². The van der Waals surface area contributed by atoms with E-state index in [1.807, 2.05) is 8.95 Å². The third-order valence-corrected chi connectivity index (χ3v) is 25.2. The molecule has 26 heavy (non-hydrogen) atoms. The van der Waals surface area contributed by atoms with Crippen molar-refractivity contribution in [2.75, 3.05) is 6.61 Å². The monoisotopic (exact) mass is 486 g/mol. The first-order valence-electron chi connectivity index (χ1n) is 8.79. The van der Waals surface area contributed by atoms with Crippen LogP contribution >= 0.6 is 21.2 Å². The molecule has 0 saturated heterocycles. The van der Waals surface area contributed by atoms with Crippen LogP contribution in [0.2, 0.25) is 0 Å². The van der Waals surface area contributed by atoms with Crippen molar-refractivity contribution in [2.45, 2.75) is 13.3 Å². The van der Waals surface area contributed by atoms with E-state index < -0.39 is 17.0 Å². The van der Waals surface area contributed by atoms with E-state index in [1.165, 1.54) is 10.7 Å². The van der Waals surface area contributed by atoms with Crippen LogP contribution in [-0.2, 0) is 4.74 Å². The van der Waals surface area contributed by atoms with Gasteiger partial charge in [-0.25, -0.2) is 0 Å². The number of hydrogen-bond acceptors (Lipinski definition) is 3. The first-order chi connectivity index (χ1) is 12.8. The minimum absolute atomic E-state index is 0.666. The Morgan fingerprint density at radius 1 is 0.769 bits per heavy atom. The summed E-state index contributed by atoms with van der Waals surface area (Å²) < 4.78 is 10.7. The zero-order valence-corrected chi connectivity index (χ0v) is 19.3. The molecule has 3 aromatic rings. The molecule has 0 aliphatic carbocycles.